The van der Waals surface area contributed by atoms with Gasteiger partial charge in [-0.2, -0.15) is 0 Å². The normalized spacial score (nSPS) is 14.9. The second-order valence-corrected chi connectivity index (χ2v) is 8.08. The Labute approximate surface area is 204 Å². The molecule has 0 aliphatic carbocycles. The van der Waals surface area contributed by atoms with Gasteiger partial charge in [0.1, 0.15) is 17.9 Å². The number of rotatable bonds is 5. The molecule has 2 heterocycles. The van der Waals surface area contributed by atoms with Crippen LogP contribution in [0.1, 0.15) is 5.56 Å². The minimum absolute atomic E-state index is 0.00108. The van der Waals surface area contributed by atoms with Crippen molar-refractivity contribution in [2.75, 3.05) is 10.2 Å². The van der Waals surface area contributed by atoms with Crippen molar-refractivity contribution in [2.45, 2.75) is 6.54 Å². The Morgan fingerprint density at radius 1 is 0.917 bits per heavy atom. The highest BCUT2D eigenvalue weighted by atomic mass is 19.1. The van der Waals surface area contributed by atoms with Gasteiger partial charge in [0, 0.05) is 28.4 Å². The first-order valence-corrected chi connectivity index (χ1v) is 11.0. The number of aromatic nitrogens is 1. The fraction of sp³-hybridized carbons (Fsp3) is 0.0370. The third-order valence-corrected chi connectivity index (χ3v) is 5.68. The molecule has 0 spiro atoms. The minimum Gasteiger partial charge on any atom is -0.337 e. The number of hydrogen-bond acceptors (Lipinski definition) is 4. The number of para-hydroxylation sites is 2. The topological polar surface area (TPSA) is 101 Å². The number of fused-ring (bicyclic) bond motifs is 1. The highest BCUT2D eigenvalue weighted by Crippen LogP contribution is 2.27. The molecule has 1 aliphatic heterocycles. The van der Waals surface area contributed by atoms with Gasteiger partial charge in [-0.3, -0.25) is 19.7 Å². The van der Waals surface area contributed by atoms with Crippen LogP contribution in [0.5, 0.6) is 0 Å². The van der Waals surface area contributed by atoms with Crippen molar-refractivity contribution >= 4 is 52.1 Å². The van der Waals surface area contributed by atoms with E-state index in [0.29, 0.717) is 16.6 Å². The number of carbonyl (C=O) groups excluding carboxylic acids is 4. The standard InChI is InChI=1S/C27H19FN4O4/c28-18-10-12-20(13-11-18)32-26(35)22(25(34)30-27(32)36)14-17-15-31(23-9-5-4-8-21(17)23)16-24(33)29-19-6-2-1-3-7-19/h1-15H,16H2,(H,29,33)(H,30,34,36)/b22-14+. The zero-order valence-corrected chi connectivity index (χ0v) is 18.8. The summed E-state index contributed by atoms with van der Waals surface area (Å²) >= 11 is 0. The fourth-order valence-corrected chi connectivity index (χ4v) is 4.04. The van der Waals surface area contributed by atoms with Crippen LogP contribution in [0.15, 0.2) is 90.6 Å². The number of benzene rings is 3. The third kappa shape index (κ3) is 4.37. The van der Waals surface area contributed by atoms with E-state index in [0.717, 1.165) is 22.5 Å². The van der Waals surface area contributed by atoms with Gasteiger partial charge in [0.25, 0.3) is 11.8 Å². The van der Waals surface area contributed by atoms with E-state index in [-0.39, 0.29) is 23.7 Å². The summed E-state index contributed by atoms with van der Waals surface area (Å²) < 4.78 is 15.1. The second-order valence-electron chi connectivity index (χ2n) is 8.08. The van der Waals surface area contributed by atoms with Crippen LogP contribution in [0.4, 0.5) is 20.6 Å². The molecule has 0 bridgehead atoms. The molecular formula is C27H19FN4O4. The predicted molar refractivity (Wildman–Crippen MR) is 132 cm³/mol. The molecule has 0 radical (unpaired) electrons. The average molecular weight is 482 g/mol. The molecule has 5 amide bonds. The van der Waals surface area contributed by atoms with Crippen molar-refractivity contribution in [1.29, 1.82) is 0 Å². The van der Waals surface area contributed by atoms with Crippen molar-refractivity contribution in [2.24, 2.45) is 0 Å². The maximum Gasteiger partial charge on any atom is 0.335 e. The van der Waals surface area contributed by atoms with E-state index in [9.17, 15) is 23.6 Å². The van der Waals surface area contributed by atoms with E-state index in [2.05, 4.69) is 10.6 Å². The van der Waals surface area contributed by atoms with Gasteiger partial charge in [-0.15, -0.1) is 0 Å². The SMILES string of the molecule is O=C(Cn1cc(/C=C2\C(=O)NC(=O)N(c3ccc(F)cc3)C2=O)c2ccccc21)Nc1ccccc1. The average Bonchev–Trinajstić information content (AvgIpc) is 3.20. The van der Waals surface area contributed by atoms with Gasteiger partial charge < -0.3 is 9.88 Å². The summed E-state index contributed by atoms with van der Waals surface area (Å²) in [5, 5.41) is 5.69. The van der Waals surface area contributed by atoms with E-state index in [1.807, 2.05) is 30.3 Å². The number of imide groups is 2. The van der Waals surface area contributed by atoms with Crippen LogP contribution in [-0.2, 0) is 20.9 Å². The van der Waals surface area contributed by atoms with Crippen molar-refractivity contribution < 1.29 is 23.6 Å². The van der Waals surface area contributed by atoms with Crippen LogP contribution < -0.4 is 15.5 Å². The molecule has 4 aromatic rings. The van der Waals surface area contributed by atoms with E-state index in [1.54, 1.807) is 35.0 Å². The first-order chi connectivity index (χ1) is 17.4. The van der Waals surface area contributed by atoms with Gasteiger partial charge in [0.05, 0.1) is 5.69 Å². The van der Waals surface area contributed by atoms with Crippen LogP contribution >= 0.6 is 0 Å². The zero-order valence-electron chi connectivity index (χ0n) is 18.8. The maximum absolute atomic E-state index is 13.3. The lowest BCUT2D eigenvalue weighted by Gasteiger charge is -2.26. The Morgan fingerprint density at radius 2 is 1.61 bits per heavy atom. The highest BCUT2D eigenvalue weighted by Gasteiger charge is 2.37. The van der Waals surface area contributed by atoms with E-state index in [4.69, 9.17) is 0 Å². The molecule has 8 nitrogen and oxygen atoms in total. The number of amides is 5. The molecule has 3 aromatic carbocycles. The van der Waals surface area contributed by atoms with Crippen LogP contribution in [0.25, 0.3) is 17.0 Å². The second kappa shape index (κ2) is 9.30. The lowest BCUT2D eigenvalue weighted by Crippen LogP contribution is -2.54. The predicted octanol–water partition coefficient (Wildman–Crippen LogP) is 4.09. The van der Waals surface area contributed by atoms with Crippen molar-refractivity contribution in [3.63, 3.8) is 0 Å². The first kappa shape index (κ1) is 22.7. The van der Waals surface area contributed by atoms with Gasteiger partial charge in [-0.1, -0.05) is 36.4 Å². The van der Waals surface area contributed by atoms with Crippen molar-refractivity contribution in [3.05, 3.63) is 102 Å². The zero-order chi connectivity index (χ0) is 25.2. The Morgan fingerprint density at radius 3 is 2.36 bits per heavy atom. The Kier molecular flexibility index (Phi) is 5.87. The number of anilines is 2. The fourth-order valence-electron chi connectivity index (χ4n) is 4.04. The molecule has 1 aliphatic rings. The lowest BCUT2D eigenvalue weighted by molar-refractivity contribution is -0.122. The maximum atomic E-state index is 13.3. The molecule has 2 N–H and O–H groups in total. The molecular weight excluding hydrogens is 463 g/mol. The first-order valence-electron chi connectivity index (χ1n) is 11.0. The van der Waals surface area contributed by atoms with E-state index < -0.39 is 23.7 Å². The molecule has 1 aromatic heterocycles. The van der Waals surface area contributed by atoms with Gasteiger partial charge in [-0.25, -0.2) is 14.1 Å². The summed E-state index contributed by atoms with van der Waals surface area (Å²) in [6.07, 6.45) is 3.05. The van der Waals surface area contributed by atoms with Gasteiger partial charge in [0.15, 0.2) is 0 Å². The monoisotopic (exact) mass is 482 g/mol. The summed E-state index contributed by atoms with van der Waals surface area (Å²) in [7, 11) is 0. The smallest absolute Gasteiger partial charge is 0.335 e. The molecule has 5 rings (SSSR count). The quantitative estimate of drug-likeness (QED) is 0.331. The van der Waals surface area contributed by atoms with E-state index >= 15 is 0 Å². The molecule has 1 fully saturated rings. The van der Waals surface area contributed by atoms with Gasteiger partial charge in [0.2, 0.25) is 5.91 Å². The number of halogens is 1. The molecule has 36 heavy (non-hydrogen) atoms. The van der Waals surface area contributed by atoms with E-state index in [1.165, 1.54) is 18.2 Å². The molecule has 9 heteroatoms. The number of urea groups is 1. The summed E-state index contributed by atoms with van der Waals surface area (Å²) in [6.45, 7) is -0.00108. The van der Waals surface area contributed by atoms with Crippen LogP contribution in [0.2, 0.25) is 0 Å². The molecule has 178 valence electrons. The summed E-state index contributed by atoms with van der Waals surface area (Å²) in [4.78, 5) is 51.6. The number of barbiturate groups is 1. The number of hydrogen-bond donors (Lipinski definition) is 2. The molecule has 1 saturated heterocycles. The molecule has 0 saturated carbocycles. The highest BCUT2D eigenvalue weighted by molar-refractivity contribution is 6.39. The largest absolute Gasteiger partial charge is 0.337 e. The van der Waals surface area contributed by atoms with Crippen molar-refractivity contribution in [3.8, 4) is 0 Å². The van der Waals surface area contributed by atoms with Crippen LogP contribution in [0.3, 0.4) is 0 Å². The summed E-state index contributed by atoms with van der Waals surface area (Å²) in [5.41, 5.74) is 1.76. The number of nitrogens with zero attached hydrogens (tertiary/aromatic N) is 2. The van der Waals surface area contributed by atoms with Crippen LogP contribution in [-0.4, -0.2) is 28.3 Å². The number of nitrogens with one attached hydrogen (secondary N) is 2. The van der Waals surface area contributed by atoms with Crippen LogP contribution in [0, 0.1) is 5.82 Å². The number of carbonyl (C=O) groups is 4. The summed E-state index contributed by atoms with van der Waals surface area (Å²) in [6, 6.07) is 20.2. The molecule has 0 unspecified atom stereocenters. The third-order valence-electron chi connectivity index (χ3n) is 5.68. The van der Waals surface area contributed by atoms with Crippen molar-refractivity contribution in [1.82, 2.24) is 9.88 Å². The molecule has 0 atom stereocenters. The summed E-state index contributed by atoms with van der Waals surface area (Å²) in [5.74, 6) is -2.46. The van der Waals surface area contributed by atoms with Gasteiger partial charge >= 0.3 is 6.03 Å². The minimum atomic E-state index is -0.922. The van der Waals surface area contributed by atoms with Gasteiger partial charge in [-0.05, 0) is 48.5 Å². The Balaban J connectivity index is 1.49. The Hall–Kier alpha value is -5.05. The lowest BCUT2D eigenvalue weighted by atomic mass is 10.1. The Bertz CT molecular complexity index is 1540.